The van der Waals surface area contributed by atoms with Crippen LogP contribution in [0.1, 0.15) is 22.3 Å². The second-order valence-electron chi connectivity index (χ2n) is 8.04. The molecule has 0 aliphatic carbocycles. The molecule has 0 radical (unpaired) electrons. The number of ether oxygens (including phenoxy) is 1. The van der Waals surface area contributed by atoms with Crippen LogP contribution in [-0.4, -0.2) is 35.2 Å². The van der Waals surface area contributed by atoms with Gasteiger partial charge in [-0.25, -0.2) is 9.59 Å². The maximum atomic E-state index is 13.1. The van der Waals surface area contributed by atoms with Crippen LogP contribution in [0.3, 0.4) is 0 Å². The number of hydrogen-bond donors (Lipinski definition) is 3. The monoisotopic (exact) mass is 460 g/mol. The summed E-state index contributed by atoms with van der Waals surface area (Å²) in [5.41, 5.74) is 3.47. The molecule has 0 spiro atoms. The largest absolute Gasteiger partial charge is 0.480 e. The predicted molar refractivity (Wildman–Crippen MR) is 128 cm³/mol. The van der Waals surface area contributed by atoms with Crippen molar-refractivity contribution in [1.82, 2.24) is 10.6 Å². The summed E-state index contributed by atoms with van der Waals surface area (Å²) in [5, 5.41) is 14.8. The predicted octanol–water partition coefficient (Wildman–Crippen LogP) is 3.64. The van der Waals surface area contributed by atoms with E-state index in [2.05, 4.69) is 10.6 Å². The smallest absolute Gasteiger partial charge is 0.408 e. The fraction of sp³-hybridized carbons (Fsp3) is 0.222. The van der Waals surface area contributed by atoms with Crippen LogP contribution in [0.15, 0.2) is 84.9 Å². The number of carbonyl (C=O) groups excluding carboxylic acids is 2. The Morgan fingerprint density at radius 2 is 1.26 bits per heavy atom. The average molecular weight is 461 g/mol. The van der Waals surface area contributed by atoms with Gasteiger partial charge in [0.1, 0.15) is 18.7 Å². The van der Waals surface area contributed by atoms with Crippen LogP contribution in [0.5, 0.6) is 0 Å². The lowest BCUT2D eigenvalue weighted by Gasteiger charge is -2.21. The molecule has 0 aromatic heterocycles. The van der Waals surface area contributed by atoms with Crippen LogP contribution in [0.4, 0.5) is 4.79 Å². The number of hydrogen-bond acceptors (Lipinski definition) is 4. The molecule has 3 rings (SSSR count). The van der Waals surface area contributed by atoms with Gasteiger partial charge in [-0.2, -0.15) is 0 Å². The Hall–Kier alpha value is -4.13. The van der Waals surface area contributed by atoms with E-state index in [1.165, 1.54) is 0 Å². The maximum Gasteiger partial charge on any atom is 0.408 e. The number of amides is 2. The highest BCUT2D eigenvalue weighted by Gasteiger charge is 2.27. The molecule has 0 aliphatic heterocycles. The molecule has 2 atom stereocenters. The summed E-state index contributed by atoms with van der Waals surface area (Å²) < 4.78 is 5.26. The molecule has 0 bridgehead atoms. The summed E-state index contributed by atoms with van der Waals surface area (Å²) in [4.78, 5) is 37.3. The molecule has 7 heteroatoms. The first kappa shape index (κ1) is 24.5. The molecule has 0 heterocycles. The summed E-state index contributed by atoms with van der Waals surface area (Å²) in [6.07, 6.45) is -0.452. The lowest BCUT2D eigenvalue weighted by Crippen LogP contribution is -2.53. The maximum absolute atomic E-state index is 13.1. The number of carboxylic acid groups (broad SMARTS) is 1. The van der Waals surface area contributed by atoms with Crippen molar-refractivity contribution in [2.45, 2.75) is 38.5 Å². The zero-order chi connectivity index (χ0) is 24.3. The van der Waals surface area contributed by atoms with Crippen LogP contribution in [0.25, 0.3) is 0 Å². The van der Waals surface area contributed by atoms with Gasteiger partial charge in [0.05, 0.1) is 0 Å². The highest BCUT2D eigenvalue weighted by molar-refractivity contribution is 5.89. The SMILES string of the molecule is Cc1ccc(C[C@H](NC(=O)[C@H](Cc2ccccc2)NC(=O)OCc2ccccc2)C(=O)O)cc1. The Morgan fingerprint density at radius 3 is 1.85 bits per heavy atom. The number of rotatable bonds is 10. The first-order chi connectivity index (χ1) is 16.4. The Bertz CT molecular complexity index is 1090. The van der Waals surface area contributed by atoms with Gasteiger partial charge in [-0.15, -0.1) is 0 Å². The molecule has 0 saturated carbocycles. The second kappa shape index (κ2) is 12.2. The van der Waals surface area contributed by atoms with E-state index >= 15 is 0 Å². The van der Waals surface area contributed by atoms with E-state index in [0.717, 1.165) is 22.3 Å². The van der Waals surface area contributed by atoms with E-state index in [1.807, 2.05) is 91.9 Å². The molecule has 2 amide bonds. The van der Waals surface area contributed by atoms with Crippen LogP contribution in [-0.2, 0) is 33.8 Å². The quantitative estimate of drug-likeness (QED) is 0.428. The van der Waals surface area contributed by atoms with Crippen molar-refractivity contribution in [2.75, 3.05) is 0 Å². The molecule has 176 valence electrons. The van der Waals surface area contributed by atoms with E-state index in [0.29, 0.717) is 0 Å². The Labute approximate surface area is 198 Å². The summed E-state index contributed by atoms with van der Waals surface area (Å²) in [6, 6.07) is 23.6. The standard InChI is InChI=1S/C27H28N2O5/c1-19-12-14-21(15-13-19)17-24(26(31)32)28-25(30)23(16-20-8-4-2-5-9-20)29-27(33)34-18-22-10-6-3-7-11-22/h2-15,23-24H,16-18H2,1H3,(H,28,30)(H,29,33)(H,31,32)/t23-,24-/m0/s1. The lowest BCUT2D eigenvalue weighted by molar-refractivity contribution is -0.142. The number of alkyl carbamates (subject to hydrolysis) is 1. The van der Waals surface area contributed by atoms with Gasteiger partial charge >= 0.3 is 12.1 Å². The summed E-state index contributed by atoms with van der Waals surface area (Å²) in [7, 11) is 0. The fourth-order valence-electron chi connectivity index (χ4n) is 3.40. The molecule has 34 heavy (non-hydrogen) atoms. The first-order valence-electron chi connectivity index (χ1n) is 11.0. The zero-order valence-electron chi connectivity index (χ0n) is 18.9. The normalized spacial score (nSPS) is 12.3. The van der Waals surface area contributed by atoms with Gasteiger partial charge < -0.3 is 20.5 Å². The third kappa shape index (κ3) is 7.78. The molecule has 0 aliphatic rings. The fourth-order valence-corrected chi connectivity index (χ4v) is 3.40. The van der Waals surface area contributed by atoms with Gasteiger partial charge in [-0.05, 0) is 23.6 Å². The molecular formula is C27H28N2O5. The van der Waals surface area contributed by atoms with Crippen molar-refractivity contribution in [3.8, 4) is 0 Å². The van der Waals surface area contributed by atoms with Crippen LogP contribution >= 0.6 is 0 Å². The number of nitrogens with one attached hydrogen (secondary N) is 2. The number of aliphatic carboxylic acids is 1. The molecule has 0 fully saturated rings. The van der Waals surface area contributed by atoms with E-state index in [4.69, 9.17) is 4.74 Å². The second-order valence-corrected chi connectivity index (χ2v) is 8.04. The van der Waals surface area contributed by atoms with Crippen molar-refractivity contribution in [2.24, 2.45) is 0 Å². The third-order valence-electron chi connectivity index (χ3n) is 5.28. The lowest BCUT2D eigenvalue weighted by atomic mass is 10.0. The van der Waals surface area contributed by atoms with Crippen molar-refractivity contribution in [3.05, 3.63) is 107 Å². The van der Waals surface area contributed by atoms with Gasteiger partial charge in [-0.1, -0.05) is 90.5 Å². The zero-order valence-corrected chi connectivity index (χ0v) is 18.9. The van der Waals surface area contributed by atoms with Crippen molar-refractivity contribution in [3.63, 3.8) is 0 Å². The van der Waals surface area contributed by atoms with Crippen molar-refractivity contribution >= 4 is 18.0 Å². The van der Waals surface area contributed by atoms with Crippen molar-refractivity contribution < 1.29 is 24.2 Å². The van der Waals surface area contributed by atoms with Gasteiger partial charge in [0.25, 0.3) is 0 Å². The minimum atomic E-state index is -1.15. The highest BCUT2D eigenvalue weighted by atomic mass is 16.5. The molecule has 3 aromatic rings. The summed E-state index contributed by atoms with van der Waals surface area (Å²) in [6.45, 7) is 1.99. The number of carbonyl (C=O) groups is 3. The molecule has 3 N–H and O–H groups in total. The number of carboxylic acids is 1. The molecule has 7 nitrogen and oxygen atoms in total. The van der Waals surface area contributed by atoms with Gasteiger partial charge in [0.15, 0.2) is 0 Å². The van der Waals surface area contributed by atoms with Crippen LogP contribution in [0.2, 0.25) is 0 Å². The first-order valence-corrected chi connectivity index (χ1v) is 11.0. The molecular weight excluding hydrogens is 432 g/mol. The van der Waals surface area contributed by atoms with E-state index in [9.17, 15) is 19.5 Å². The molecule has 0 saturated heterocycles. The van der Waals surface area contributed by atoms with Gasteiger partial charge in [0.2, 0.25) is 5.91 Å². The summed E-state index contributed by atoms with van der Waals surface area (Å²) >= 11 is 0. The third-order valence-corrected chi connectivity index (χ3v) is 5.28. The van der Waals surface area contributed by atoms with Crippen LogP contribution < -0.4 is 10.6 Å². The molecule has 3 aromatic carbocycles. The minimum absolute atomic E-state index is 0.0531. The Kier molecular flexibility index (Phi) is 8.80. The van der Waals surface area contributed by atoms with Crippen LogP contribution in [0, 0.1) is 6.92 Å². The van der Waals surface area contributed by atoms with Gasteiger partial charge in [-0.3, -0.25) is 4.79 Å². The average Bonchev–Trinajstić information content (AvgIpc) is 2.84. The number of aryl methyl sites for hydroxylation is 1. The Morgan fingerprint density at radius 1 is 0.735 bits per heavy atom. The Balaban J connectivity index is 1.68. The topological polar surface area (TPSA) is 105 Å². The van der Waals surface area contributed by atoms with E-state index in [1.54, 1.807) is 0 Å². The van der Waals surface area contributed by atoms with Gasteiger partial charge in [0, 0.05) is 12.8 Å². The highest BCUT2D eigenvalue weighted by Crippen LogP contribution is 2.09. The minimum Gasteiger partial charge on any atom is -0.480 e. The van der Waals surface area contributed by atoms with E-state index < -0.39 is 30.1 Å². The molecule has 0 unspecified atom stereocenters. The van der Waals surface area contributed by atoms with Crippen molar-refractivity contribution in [1.29, 1.82) is 0 Å². The summed E-state index contributed by atoms with van der Waals surface area (Å²) in [5.74, 6) is -1.75. The van der Waals surface area contributed by atoms with E-state index in [-0.39, 0.29) is 19.4 Å². The number of benzene rings is 3.